The Balaban J connectivity index is 1.51. The molecule has 0 spiro atoms. The van der Waals surface area contributed by atoms with E-state index in [1.165, 1.54) is 0 Å². The van der Waals surface area contributed by atoms with E-state index in [1.54, 1.807) is 30.3 Å². The molecule has 0 aliphatic carbocycles. The Morgan fingerprint density at radius 1 is 0.964 bits per heavy atom. The lowest BCUT2D eigenvalue weighted by Crippen LogP contribution is -2.13. The first-order valence-electron chi connectivity index (χ1n) is 8.83. The third-order valence-corrected chi connectivity index (χ3v) is 4.46. The number of carbonyl (C=O) groups is 1. The van der Waals surface area contributed by atoms with Crippen molar-refractivity contribution in [1.82, 2.24) is 9.97 Å². The molecule has 0 saturated carbocycles. The van der Waals surface area contributed by atoms with Crippen LogP contribution in [-0.2, 0) is 6.42 Å². The van der Waals surface area contributed by atoms with E-state index in [0.717, 1.165) is 5.56 Å². The molecule has 138 valence electrons. The molecule has 4 N–H and O–H groups in total. The number of amides is 1. The van der Waals surface area contributed by atoms with Crippen LogP contribution in [0.4, 0.5) is 11.4 Å². The zero-order chi connectivity index (χ0) is 19.5. The number of benzene rings is 3. The van der Waals surface area contributed by atoms with Gasteiger partial charge in [0.2, 0.25) is 0 Å². The van der Waals surface area contributed by atoms with Crippen molar-refractivity contribution in [2.75, 3.05) is 11.1 Å². The van der Waals surface area contributed by atoms with Gasteiger partial charge in [0.1, 0.15) is 5.82 Å². The molecule has 0 fully saturated rings. The SMILES string of the molecule is Nc1ccccc1NC(=O)c1ccc(Cc2nc3ccccc3c(=O)[nH]2)cc1. The molecule has 0 bridgehead atoms. The number of fused-ring (bicyclic) bond motifs is 1. The summed E-state index contributed by atoms with van der Waals surface area (Å²) in [6, 6.07) is 21.5. The Morgan fingerprint density at radius 2 is 1.68 bits per heavy atom. The van der Waals surface area contributed by atoms with Crippen LogP contribution in [0, 0.1) is 0 Å². The summed E-state index contributed by atoms with van der Waals surface area (Å²) in [4.78, 5) is 31.9. The summed E-state index contributed by atoms with van der Waals surface area (Å²) in [6.07, 6.45) is 0.466. The van der Waals surface area contributed by atoms with Crippen LogP contribution < -0.4 is 16.6 Å². The number of hydrogen-bond acceptors (Lipinski definition) is 4. The van der Waals surface area contributed by atoms with E-state index in [4.69, 9.17) is 5.73 Å². The Hall–Kier alpha value is -3.93. The molecular weight excluding hydrogens is 352 g/mol. The summed E-state index contributed by atoms with van der Waals surface area (Å²) < 4.78 is 0. The number of nitrogens with two attached hydrogens (primary N) is 1. The maximum Gasteiger partial charge on any atom is 0.258 e. The number of aromatic nitrogens is 2. The van der Waals surface area contributed by atoms with Crippen LogP contribution in [-0.4, -0.2) is 15.9 Å². The number of hydrogen-bond donors (Lipinski definition) is 3. The smallest absolute Gasteiger partial charge is 0.258 e. The average molecular weight is 370 g/mol. The monoisotopic (exact) mass is 370 g/mol. The molecule has 0 saturated heterocycles. The number of nitrogens with zero attached hydrogens (tertiary/aromatic N) is 1. The second kappa shape index (κ2) is 7.36. The lowest BCUT2D eigenvalue weighted by molar-refractivity contribution is 0.102. The van der Waals surface area contributed by atoms with E-state index in [9.17, 15) is 9.59 Å². The standard InChI is InChI=1S/C22H18N4O2/c23-17-6-2-4-8-19(17)25-21(27)15-11-9-14(10-12-15)13-20-24-18-7-3-1-5-16(18)22(28)26-20/h1-12H,13,23H2,(H,25,27)(H,24,26,28). The van der Waals surface area contributed by atoms with Gasteiger partial charge in [-0.05, 0) is 42.0 Å². The molecule has 0 radical (unpaired) electrons. The van der Waals surface area contributed by atoms with E-state index in [-0.39, 0.29) is 11.5 Å². The number of aromatic amines is 1. The summed E-state index contributed by atoms with van der Waals surface area (Å²) in [5.74, 6) is 0.347. The molecule has 0 aliphatic rings. The topological polar surface area (TPSA) is 101 Å². The van der Waals surface area contributed by atoms with Crippen molar-refractivity contribution in [1.29, 1.82) is 0 Å². The van der Waals surface area contributed by atoms with Crippen molar-refractivity contribution >= 4 is 28.2 Å². The van der Waals surface area contributed by atoms with Crippen molar-refractivity contribution in [3.8, 4) is 0 Å². The van der Waals surface area contributed by atoms with E-state index in [2.05, 4.69) is 15.3 Å². The number of nitrogens with one attached hydrogen (secondary N) is 2. The fraction of sp³-hybridized carbons (Fsp3) is 0.0455. The largest absolute Gasteiger partial charge is 0.397 e. The molecule has 0 unspecified atom stereocenters. The number of anilines is 2. The molecule has 1 amide bonds. The van der Waals surface area contributed by atoms with E-state index >= 15 is 0 Å². The van der Waals surface area contributed by atoms with Crippen LogP contribution in [0.1, 0.15) is 21.7 Å². The Morgan fingerprint density at radius 3 is 2.46 bits per heavy atom. The van der Waals surface area contributed by atoms with Gasteiger partial charge in [-0.25, -0.2) is 4.98 Å². The van der Waals surface area contributed by atoms with Crippen molar-refractivity contribution < 1.29 is 4.79 Å². The van der Waals surface area contributed by atoms with Crippen molar-refractivity contribution in [3.63, 3.8) is 0 Å². The number of carbonyl (C=O) groups excluding carboxylic acids is 1. The van der Waals surface area contributed by atoms with Gasteiger partial charge in [-0.1, -0.05) is 36.4 Å². The number of rotatable bonds is 4. The van der Waals surface area contributed by atoms with Gasteiger partial charge in [0, 0.05) is 12.0 Å². The zero-order valence-corrected chi connectivity index (χ0v) is 15.0. The average Bonchev–Trinajstić information content (AvgIpc) is 2.70. The van der Waals surface area contributed by atoms with Crippen LogP contribution in [0.3, 0.4) is 0 Å². The van der Waals surface area contributed by atoms with Crippen molar-refractivity contribution in [2.45, 2.75) is 6.42 Å². The van der Waals surface area contributed by atoms with Crippen molar-refractivity contribution in [3.05, 3.63) is 100 Å². The maximum absolute atomic E-state index is 12.4. The Bertz CT molecular complexity index is 1210. The van der Waals surface area contributed by atoms with Crippen LogP contribution in [0.5, 0.6) is 0 Å². The summed E-state index contributed by atoms with van der Waals surface area (Å²) in [7, 11) is 0. The molecule has 3 aromatic carbocycles. The first kappa shape index (κ1) is 17.5. The fourth-order valence-corrected chi connectivity index (χ4v) is 2.99. The molecule has 4 aromatic rings. The van der Waals surface area contributed by atoms with Gasteiger partial charge in [0.25, 0.3) is 11.5 Å². The van der Waals surface area contributed by atoms with Crippen LogP contribution in [0.25, 0.3) is 10.9 Å². The summed E-state index contributed by atoms with van der Waals surface area (Å²) >= 11 is 0. The van der Waals surface area contributed by atoms with E-state index in [1.807, 2.05) is 42.5 Å². The third kappa shape index (κ3) is 3.61. The van der Waals surface area contributed by atoms with E-state index in [0.29, 0.717) is 40.1 Å². The van der Waals surface area contributed by atoms with Gasteiger partial charge in [0.05, 0.1) is 22.3 Å². The molecule has 4 rings (SSSR count). The van der Waals surface area contributed by atoms with Gasteiger partial charge < -0.3 is 16.0 Å². The highest BCUT2D eigenvalue weighted by atomic mass is 16.1. The summed E-state index contributed by atoms with van der Waals surface area (Å²) in [6.45, 7) is 0. The number of nitrogen functional groups attached to an aromatic ring is 1. The number of para-hydroxylation sites is 3. The Kier molecular flexibility index (Phi) is 4.60. The number of H-pyrrole nitrogens is 1. The minimum atomic E-state index is -0.235. The quantitative estimate of drug-likeness (QED) is 0.480. The first-order valence-corrected chi connectivity index (χ1v) is 8.83. The highest BCUT2D eigenvalue weighted by molar-refractivity contribution is 6.05. The molecule has 1 heterocycles. The molecule has 28 heavy (non-hydrogen) atoms. The second-order valence-corrected chi connectivity index (χ2v) is 6.44. The fourth-order valence-electron chi connectivity index (χ4n) is 2.99. The highest BCUT2D eigenvalue weighted by Crippen LogP contribution is 2.18. The molecule has 6 heteroatoms. The summed E-state index contributed by atoms with van der Waals surface area (Å²) in [5.41, 5.74) is 8.92. The molecule has 1 aromatic heterocycles. The lowest BCUT2D eigenvalue weighted by atomic mass is 10.1. The van der Waals surface area contributed by atoms with Crippen LogP contribution in [0.2, 0.25) is 0 Å². The van der Waals surface area contributed by atoms with Crippen LogP contribution >= 0.6 is 0 Å². The Labute approximate surface area is 161 Å². The predicted molar refractivity (Wildman–Crippen MR) is 110 cm³/mol. The minimum Gasteiger partial charge on any atom is -0.397 e. The highest BCUT2D eigenvalue weighted by Gasteiger charge is 2.09. The van der Waals surface area contributed by atoms with Gasteiger partial charge >= 0.3 is 0 Å². The van der Waals surface area contributed by atoms with Gasteiger partial charge in [0.15, 0.2) is 0 Å². The predicted octanol–water partition coefficient (Wildman–Crippen LogP) is 3.35. The molecule has 6 nitrogen and oxygen atoms in total. The normalized spacial score (nSPS) is 10.7. The van der Waals surface area contributed by atoms with Gasteiger partial charge in [-0.15, -0.1) is 0 Å². The summed E-state index contributed by atoms with van der Waals surface area (Å²) in [5, 5.41) is 3.37. The second-order valence-electron chi connectivity index (χ2n) is 6.44. The molecule has 0 aliphatic heterocycles. The van der Waals surface area contributed by atoms with Gasteiger partial charge in [-0.2, -0.15) is 0 Å². The lowest BCUT2D eigenvalue weighted by Gasteiger charge is -2.08. The van der Waals surface area contributed by atoms with E-state index < -0.39 is 0 Å². The van der Waals surface area contributed by atoms with Gasteiger partial charge in [-0.3, -0.25) is 9.59 Å². The third-order valence-electron chi connectivity index (χ3n) is 4.46. The molecular formula is C22H18N4O2. The minimum absolute atomic E-state index is 0.156. The van der Waals surface area contributed by atoms with Crippen LogP contribution in [0.15, 0.2) is 77.6 Å². The molecule has 0 atom stereocenters. The first-order chi connectivity index (χ1) is 13.6. The maximum atomic E-state index is 12.4. The zero-order valence-electron chi connectivity index (χ0n) is 15.0. The van der Waals surface area contributed by atoms with Crippen molar-refractivity contribution in [2.24, 2.45) is 0 Å².